The number of aliphatic hydroxyl groups is 1. The van der Waals surface area contributed by atoms with Crippen molar-refractivity contribution in [3.05, 3.63) is 59.7 Å². The Bertz CT molecular complexity index is 847. The quantitative estimate of drug-likeness (QED) is 0.818. The molecule has 0 bridgehead atoms. The molecule has 3 aliphatic carbocycles. The zero-order valence-electron chi connectivity index (χ0n) is 16.1. The summed E-state index contributed by atoms with van der Waals surface area (Å²) in [5, 5.41) is 13.6. The third-order valence-electron chi connectivity index (χ3n) is 7.10. The van der Waals surface area contributed by atoms with Gasteiger partial charge in [0.25, 0.3) is 0 Å². The summed E-state index contributed by atoms with van der Waals surface area (Å²) in [5.74, 6) is 0.0608. The van der Waals surface area contributed by atoms with E-state index in [0.717, 1.165) is 25.7 Å². The molecule has 2 saturated carbocycles. The van der Waals surface area contributed by atoms with E-state index in [0.29, 0.717) is 12.0 Å². The van der Waals surface area contributed by atoms with Gasteiger partial charge in [-0.1, -0.05) is 48.5 Å². The summed E-state index contributed by atoms with van der Waals surface area (Å²) < 4.78 is 5.57. The summed E-state index contributed by atoms with van der Waals surface area (Å²) in [6, 6.07) is 16.6. The fraction of sp³-hybridized carbons (Fsp3) is 0.458. The fourth-order valence-electron chi connectivity index (χ4n) is 4.99. The van der Waals surface area contributed by atoms with Gasteiger partial charge in [-0.2, -0.15) is 0 Å². The first-order valence-electron chi connectivity index (χ1n) is 10.4. The highest BCUT2D eigenvalue weighted by Crippen LogP contribution is 2.57. The molecule has 0 atom stereocenters. The highest BCUT2D eigenvalue weighted by molar-refractivity contribution is 5.79. The zero-order valence-corrected chi connectivity index (χ0v) is 16.1. The fourth-order valence-corrected chi connectivity index (χ4v) is 4.99. The van der Waals surface area contributed by atoms with Crippen molar-refractivity contribution in [2.24, 2.45) is 5.41 Å². The Hall–Kier alpha value is -2.33. The molecule has 2 aromatic rings. The van der Waals surface area contributed by atoms with Gasteiger partial charge in [0.1, 0.15) is 6.61 Å². The Balaban J connectivity index is 1.19. The molecule has 0 aromatic heterocycles. The van der Waals surface area contributed by atoms with Crippen molar-refractivity contribution in [2.75, 3.05) is 13.2 Å². The predicted molar refractivity (Wildman–Crippen MR) is 108 cm³/mol. The highest BCUT2D eigenvalue weighted by Gasteiger charge is 2.48. The first-order valence-corrected chi connectivity index (χ1v) is 10.4. The van der Waals surface area contributed by atoms with Crippen LogP contribution in [0.5, 0.6) is 0 Å². The van der Waals surface area contributed by atoms with E-state index in [1.54, 1.807) is 0 Å². The molecule has 4 nitrogen and oxygen atoms in total. The molecule has 2 aromatic carbocycles. The lowest BCUT2D eigenvalue weighted by Crippen LogP contribution is -2.46. The van der Waals surface area contributed by atoms with Crippen LogP contribution in [0, 0.1) is 5.41 Å². The summed E-state index contributed by atoms with van der Waals surface area (Å²) >= 11 is 0. The van der Waals surface area contributed by atoms with E-state index in [-0.39, 0.29) is 12.5 Å². The van der Waals surface area contributed by atoms with Crippen LogP contribution in [0.3, 0.4) is 0 Å². The van der Waals surface area contributed by atoms with Crippen LogP contribution in [-0.2, 0) is 4.74 Å². The van der Waals surface area contributed by atoms with Crippen molar-refractivity contribution in [1.82, 2.24) is 5.32 Å². The lowest BCUT2D eigenvalue weighted by molar-refractivity contribution is -0.0125. The molecule has 4 heteroatoms. The molecule has 0 radical (unpaired) electrons. The second-order valence-electron chi connectivity index (χ2n) is 8.90. The second-order valence-corrected chi connectivity index (χ2v) is 8.90. The smallest absolute Gasteiger partial charge is 0.407 e. The summed E-state index contributed by atoms with van der Waals surface area (Å²) in [6.07, 6.45) is 5.88. The Morgan fingerprint density at radius 1 is 0.929 bits per heavy atom. The summed E-state index contributed by atoms with van der Waals surface area (Å²) in [5.41, 5.74) is 4.60. The Kier molecular flexibility index (Phi) is 4.20. The number of ether oxygens (including phenoxy) is 1. The van der Waals surface area contributed by atoms with E-state index < -0.39 is 11.7 Å². The third kappa shape index (κ3) is 3.20. The van der Waals surface area contributed by atoms with Crippen molar-refractivity contribution in [3.8, 4) is 11.1 Å². The Morgan fingerprint density at radius 3 is 2.04 bits per heavy atom. The van der Waals surface area contributed by atoms with Gasteiger partial charge in [-0.25, -0.2) is 4.79 Å². The molecule has 0 unspecified atom stereocenters. The first kappa shape index (κ1) is 17.7. The molecule has 3 aliphatic rings. The van der Waals surface area contributed by atoms with Gasteiger partial charge in [0.15, 0.2) is 0 Å². The molecule has 28 heavy (non-hydrogen) atoms. The van der Waals surface area contributed by atoms with E-state index in [1.807, 2.05) is 24.3 Å². The van der Waals surface area contributed by atoms with E-state index in [2.05, 4.69) is 29.6 Å². The molecule has 2 fully saturated rings. The number of fused-ring (bicyclic) bond motifs is 3. The number of carbonyl (C=O) groups excluding carboxylic acids is 1. The van der Waals surface area contributed by atoms with Crippen LogP contribution >= 0.6 is 0 Å². The van der Waals surface area contributed by atoms with Gasteiger partial charge in [0.2, 0.25) is 0 Å². The Morgan fingerprint density at radius 2 is 1.46 bits per heavy atom. The molecule has 0 saturated heterocycles. The number of nitrogens with one attached hydrogen (secondary N) is 1. The first-order chi connectivity index (χ1) is 13.6. The SMILES string of the molecule is O=C(NCC1(O)CCC2(CC1)CC2)OCC1c2ccccc2-c2ccccc21. The van der Waals surface area contributed by atoms with Gasteiger partial charge in [0, 0.05) is 12.5 Å². The lowest BCUT2D eigenvalue weighted by atomic mass is 9.77. The summed E-state index contributed by atoms with van der Waals surface area (Å²) in [4.78, 5) is 12.3. The van der Waals surface area contributed by atoms with E-state index in [1.165, 1.54) is 35.1 Å². The number of hydrogen-bond donors (Lipinski definition) is 2. The van der Waals surface area contributed by atoms with Gasteiger partial charge in [0.05, 0.1) is 5.60 Å². The van der Waals surface area contributed by atoms with E-state index in [4.69, 9.17) is 4.74 Å². The number of hydrogen-bond acceptors (Lipinski definition) is 3. The molecule has 5 rings (SSSR count). The van der Waals surface area contributed by atoms with Gasteiger partial charge < -0.3 is 15.2 Å². The summed E-state index contributed by atoms with van der Waals surface area (Å²) in [7, 11) is 0. The van der Waals surface area contributed by atoms with Crippen LogP contribution in [0.4, 0.5) is 4.79 Å². The minimum atomic E-state index is -0.778. The predicted octanol–water partition coefficient (Wildman–Crippen LogP) is 4.61. The molecule has 0 aliphatic heterocycles. The monoisotopic (exact) mass is 377 g/mol. The van der Waals surface area contributed by atoms with Gasteiger partial charge in [-0.05, 0) is 66.2 Å². The highest BCUT2D eigenvalue weighted by atomic mass is 16.5. The van der Waals surface area contributed by atoms with Gasteiger partial charge >= 0.3 is 6.09 Å². The minimum Gasteiger partial charge on any atom is -0.449 e. The minimum absolute atomic E-state index is 0.0608. The number of carbonyl (C=O) groups is 1. The van der Waals surface area contributed by atoms with Crippen LogP contribution in [-0.4, -0.2) is 30.0 Å². The number of alkyl carbamates (subject to hydrolysis) is 1. The second kappa shape index (κ2) is 6.63. The normalized spacial score (nSPS) is 21.0. The molecule has 1 spiro atoms. The van der Waals surface area contributed by atoms with Gasteiger partial charge in [-0.15, -0.1) is 0 Å². The maximum absolute atomic E-state index is 12.3. The average Bonchev–Trinajstić information content (AvgIpc) is 3.42. The molecular formula is C24H27NO3. The largest absolute Gasteiger partial charge is 0.449 e. The maximum Gasteiger partial charge on any atom is 0.407 e. The van der Waals surface area contributed by atoms with Crippen LogP contribution in [0.2, 0.25) is 0 Å². The topological polar surface area (TPSA) is 58.6 Å². The van der Waals surface area contributed by atoms with Crippen molar-refractivity contribution in [2.45, 2.75) is 50.0 Å². The van der Waals surface area contributed by atoms with Crippen LogP contribution in [0.15, 0.2) is 48.5 Å². The van der Waals surface area contributed by atoms with Crippen molar-refractivity contribution >= 4 is 6.09 Å². The van der Waals surface area contributed by atoms with E-state index in [9.17, 15) is 9.90 Å². The van der Waals surface area contributed by atoms with Crippen molar-refractivity contribution in [3.63, 3.8) is 0 Å². The van der Waals surface area contributed by atoms with Crippen LogP contribution in [0.1, 0.15) is 55.6 Å². The summed E-state index contributed by atoms with van der Waals surface area (Å²) in [6.45, 7) is 0.584. The van der Waals surface area contributed by atoms with E-state index >= 15 is 0 Å². The van der Waals surface area contributed by atoms with Crippen molar-refractivity contribution in [1.29, 1.82) is 0 Å². The zero-order chi connectivity index (χ0) is 19.2. The molecule has 2 N–H and O–H groups in total. The molecular weight excluding hydrogens is 350 g/mol. The molecule has 1 amide bonds. The van der Waals surface area contributed by atoms with Crippen LogP contribution < -0.4 is 5.32 Å². The number of amides is 1. The number of benzene rings is 2. The average molecular weight is 377 g/mol. The molecule has 0 heterocycles. The van der Waals surface area contributed by atoms with Gasteiger partial charge in [-0.3, -0.25) is 0 Å². The lowest BCUT2D eigenvalue weighted by Gasteiger charge is -2.36. The van der Waals surface area contributed by atoms with Crippen LogP contribution in [0.25, 0.3) is 11.1 Å². The third-order valence-corrected chi connectivity index (χ3v) is 7.10. The maximum atomic E-state index is 12.3. The van der Waals surface area contributed by atoms with Crippen molar-refractivity contribution < 1.29 is 14.6 Å². The Labute approximate surface area is 165 Å². The number of rotatable bonds is 4. The standard InChI is InChI=1S/C24H27NO3/c26-22(25-16-24(27)13-11-23(9-10-23)12-14-24)28-15-21-19-7-3-1-5-17(19)18-6-2-4-8-20(18)21/h1-8,21,27H,9-16H2,(H,25,26). The molecule has 146 valence electrons.